The molecule has 28 heavy (non-hydrogen) atoms. The summed E-state index contributed by atoms with van der Waals surface area (Å²) in [4.78, 5) is 34.1. The number of aromatic nitrogens is 1. The van der Waals surface area contributed by atoms with Gasteiger partial charge in [0.2, 0.25) is 17.7 Å². The van der Waals surface area contributed by atoms with E-state index < -0.39 is 0 Å². The van der Waals surface area contributed by atoms with Gasteiger partial charge in [0.05, 0.1) is 17.5 Å². The first-order valence-corrected chi connectivity index (χ1v) is 10.1. The molecular weight excluding hydrogens is 354 g/mol. The molecule has 6 heteroatoms. The monoisotopic (exact) mass is 381 g/mol. The van der Waals surface area contributed by atoms with Crippen molar-refractivity contribution in [2.24, 2.45) is 5.41 Å². The van der Waals surface area contributed by atoms with Gasteiger partial charge in [-0.25, -0.2) is 4.98 Å². The SMILES string of the molecule is CCN1CCCC2(CCN(C(=O)Cc3nc(-c4ccccc4)oc3C)C2)C1=O. The van der Waals surface area contributed by atoms with Crippen LogP contribution in [0.25, 0.3) is 11.5 Å². The predicted molar refractivity (Wildman–Crippen MR) is 105 cm³/mol. The Morgan fingerprint density at radius 3 is 2.75 bits per heavy atom. The first-order chi connectivity index (χ1) is 13.5. The van der Waals surface area contributed by atoms with E-state index in [2.05, 4.69) is 4.98 Å². The molecule has 2 aliphatic rings. The van der Waals surface area contributed by atoms with Gasteiger partial charge in [-0.15, -0.1) is 0 Å². The van der Waals surface area contributed by atoms with Crippen LogP contribution in [0.5, 0.6) is 0 Å². The number of oxazole rings is 1. The molecule has 4 rings (SSSR count). The second-order valence-electron chi connectivity index (χ2n) is 7.90. The second kappa shape index (κ2) is 7.41. The molecule has 6 nitrogen and oxygen atoms in total. The van der Waals surface area contributed by atoms with Crippen molar-refractivity contribution in [2.45, 2.75) is 39.5 Å². The van der Waals surface area contributed by atoms with Gasteiger partial charge in [0.15, 0.2) is 0 Å². The largest absolute Gasteiger partial charge is 0.441 e. The van der Waals surface area contributed by atoms with Crippen molar-refractivity contribution in [2.75, 3.05) is 26.2 Å². The lowest BCUT2D eigenvalue weighted by molar-refractivity contribution is -0.145. The van der Waals surface area contributed by atoms with E-state index in [1.807, 2.05) is 54.0 Å². The van der Waals surface area contributed by atoms with Crippen molar-refractivity contribution in [1.82, 2.24) is 14.8 Å². The highest BCUT2D eigenvalue weighted by molar-refractivity contribution is 5.86. The molecule has 0 aliphatic carbocycles. The minimum atomic E-state index is -0.377. The number of hydrogen-bond acceptors (Lipinski definition) is 4. The molecule has 0 saturated carbocycles. The average molecular weight is 381 g/mol. The normalized spacial score (nSPS) is 22.3. The molecule has 2 fully saturated rings. The van der Waals surface area contributed by atoms with Crippen molar-refractivity contribution in [3.63, 3.8) is 0 Å². The van der Waals surface area contributed by atoms with Gasteiger partial charge in [-0.2, -0.15) is 0 Å². The molecule has 2 saturated heterocycles. The molecule has 148 valence electrons. The topological polar surface area (TPSA) is 66.7 Å². The fourth-order valence-electron chi connectivity index (χ4n) is 4.47. The van der Waals surface area contributed by atoms with E-state index in [9.17, 15) is 9.59 Å². The number of amides is 2. The van der Waals surface area contributed by atoms with Crippen molar-refractivity contribution in [3.8, 4) is 11.5 Å². The fraction of sp³-hybridized carbons (Fsp3) is 0.500. The highest BCUT2D eigenvalue weighted by Crippen LogP contribution is 2.40. The van der Waals surface area contributed by atoms with Crippen LogP contribution in [0.4, 0.5) is 0 Å². The van der Waals surface area contributed by atoms with E-state index in [0.717, 1.165) is 37.9 Å². The third-order valence-electron chi connectivity index (χ3n) is 6.14. The molecule has 0 radical (unpaired) electrons. The predicted octanol–water partition coefficient (Wildman–Crippen LogP) is 3.05. The van der Waals surface area contributed by atoms with E-state index in [4.69, 9.17) is 4.42 Å². The Labute approximate surface area is 165 Å². The van der Waals surface area contributed by atoms with Crippen LogP contribution in [-0.2, 0) is 16.0 Å². The van der Waals surface area contributed by atoms with E-state index >= 15 is 0 Å². The maximum Gasteiger partial charge on any atom is 0.230 e. The summed E-state index contributed by atoms with van der Waals surface area (Å²) < 4.78 is 5.78. The molecule has 2 amide bonds. The van der Waals surface area contributed by atoms with Crippen LogP contribution in [0.1, 0.15) is 37.6 Å². The molecule has 2 aliphatic heterocycles. The number of benzene rings is 1. The van der Waals surface area contributed by atoms with Crippen LogP contribution in [0, 0.1) is 12.3 Å². The van der Waals surface area contributed by atoms with Crippen LogP contribution >= 0.6 is 0 Å². The molecule has 3 heterocycles. The third-order valence-corrected chi connectivity index (χ3v) is 6.14. The van der Waals surface area contributed by atoms with Gasteiger partial charge >= 0.3 is 0 Å². The lowest BCUT2D eigenvalue weighted by atomic mass is 9.78. The van der Waals surface area contributed by atoms with Crippen molar-refractivity contribution in [1.29, 1.82) is 0 Å². The van der Waals surface area contributed by atoms with E-state index in [1.54, 1.807) is 0 Å². The number of likely N-dealkylation sites (tertiary alicyclic amines) is 2. The Bertz CT molecular complexity index is 876. The first kappa shape index (κ1) is 18.7. The Balaban J connectivity index is 1.45. The summed E-state index contributed by atoms with van der Waals surface area (Å²) in [6.07, 6.45) is 2.88. The number of carbonyl (C=O) groups excluding carboxylic acids is 2. The Morgan fingerprint density at radius 1 is 1.21 bits per heavy atom. The summed E-state index contributed by atoms with van der Waals surface area (Å²) in [5, 5.41) is 0. The lowest BCUT2D eigenvalue weighted by Gasteiger charge is -2.38. The molecule has 1 aromatic heterocycles. The Hall–Kier alpha value is -2.63. The zero-order chi connectivity index (χ0) is 19.7. The molecule has 1 unspecified atom stereocenters. The lowest BCUT2D eigenvalue weighted by Crippen LogP contribution is -2.50. The van der Waals surface area contributed by atoms with E-state index in [1.165, 1.54) is 0 Å². The second-order valence-corrected chi connectivity index (χ2v) is 7.90. The molecule has 2 aromatic rings. The highest BCUT2D eigenvalue weighted by Gasteiger charge is 2.49. The minimum Gasteiger partial charge on any atom is -0.441 e. The van der Waals surface area contributed by atoms with Crippen LogP contribution in [-0.4, -0.2) is 52.8 Å². The van der Waals surface area contributed by atoms with Gasteiger partial charge < -0.3 is 14.2 Å². The molecular formula is C22H27N3O3. The van der Waals surface area contributed by atoms with Gasteiger partial charge in [0, 0.05) is 31.7 Å². The number of rotatable bonds is 4. The quantitative estimate of drug-likeness (QED) is 0.816. The molecule has 0 N–H and O–H groups in total. The van der Waals surface area contributed by atoms with Crippen LogP contribution in [0.3, 0.4) is 0 Å². The standard InChI is InChI=1S/C22H27N3O3/c1-3-24-12-7-10-22(21(24)27)11-13-25(15-22)19(26)14-18-16(2)28-20(23-18)17-8-5-4-6-9-17/h4-6,8-9H,3,7,10-15H2,1-2H3. The summed E-state index contributed by atoms with van der Waals surface area (Å²) >= 11 is 0. The van der Waals surface area contributed by atoms with Gasteiger partial charge in [-0.3, -0.25) is 9.59 Å². The smallest absolute Gasteiger partial charge is 0.230 e. The first-order valence-electron chi connectivity index (χ1n) is 10.1. The summed E-state index contributed by atoms with van der Waals surface area (Å²) in [6.45, 7) is 6.62. The van der Waals surface area contributed by atoms with Gasteiger partial charge in [-0.1, -0.05) is 18.2 Å². The summed E-state index contributed by atoms with van der Waals surface area (Å²) in [7, 11) is 0. The third kappa shape index (κ3) is 3.32. The van der Waals surface area contributed by atoms with E-state index in [0.29, 0.717) is 30.4 Å². The van der Waals surface area contributed by atoms with Gasteiger partial charge in [0.1, 0.15) is 5.76 Å². The zero-order valence-electron chi connectivity index (χ0n) is 16.6. The number of piperidine rings is 1. The van der Waals surface area contributed by atoms with Crippen molar-refractivity contribution >= 4 is 11.8 Å². The average Bonchev–Trinajstić information content (AvgIpc) is 3.30. The Morgan fingerprint density at radius 2 is 2.00 bits per heavy atom. The number of aryl methyl sites for hydroxylation is 1. The van der Waals surface area contributed by atoms with Crippen LogP contribution in [0.2, 0.25) is 0 Å². The molecule has 1 atom stereocenters. The molecule has 0 bridgehead atoms. The van der Waals surface area contributed by atoms with Crippen molar-refractivity contribution < 1.29 is 14.0 Å². The summed E-state index contributed by atoms with van der Waals surface area (Å²) in [5.41, 5.74) is 1.20. The van der Waals surface area contributed by atoms with E-state index in [-0.39, 0.29) is 23.7 Å². The summed E-state index contributed by atoms with van der Waals surface area (Å²) in [5.74, 6) is 1.46. The van der Waals surface area contributed by atoms with Crippen LogP contribution in [0.15, 0.2) is 34.7 Å². The molecule has 1 spiro atoms. The maximum absolute atomic E-state index is 12.9. The zero-order valence-corrected chi connectivity index (χ0v) is 16.6. The maximum atomic E-state index is 12.9. The number of hydrogen-bond donors (Lipinski definition) is 0. The summed E-state index contributed by atoms with van der Waals surface area (Å²) in [6, 6.07) is 9.69. The number of nitrogens with zero attached hydrogens (tertiary/aromatic N) is 3. The fourth-order valence-corrected chi connectivity index (χ4v) is 4.47. The van der Waals surface area contributed by atoms with Crippen molar-refractivity contribution in [3.05, 3.63) is 41.8 Å². The number of carbonyl (C=O) groups is 2. The molecule has 1 aromatic carbocycles. The van der Waals surface area contributed by atoms with Gasteiger partial charge in [-0.05, 0) is 45.2 Å². The minimum absolute atomic E-state index is 0.0225. The highest BCUT2D eigenvalue weighted by atomic mass is 16.4. The Kier molecular flexibility index (Phi) is 4.96. The van der Waals surface area contributed by atoms with Gasteiger partial charge in [0.25, 0.3) is 0 Å². The van der Waals surface area contributed by atoms with Crippen LogP contribution < -0.4 is 0 Å².